The maximum absolute atomic E-state index is 13.0. The topological polar surface area (TPSA) is 81.1 Å². The number of nitrogens with zero attached hydrogens (tertiary/aromatic N) is 2. The molecule has 12 heteroatoms. The van der Waals surface area contributed by atoms with Gasteiger partial charge in [0.25, 0.3) is 15.9 Å². The number of sulfonamides is 1. The Labute approximate surface area is 185 Å². The molecule has 0 radical (unpaired) electrons. The van der Waals surface area contributed by atoms with Crippen LogP contribution in [-0.2, 0) is 16.6 Å². The van der Waals surface area contributed by atoms with Gasteiger partial charge in [-0.1, -0.05) is 35.3 Å². The fourth-order valence-electron chi connectivity index (χ4n) is 2.83. The lowest BCUT2D eigenvalue weighted by Crippen LogP contribution is -2.31. The second-order valence-electron chi connectivity index (χ2n) is 6.57. The number of nitrogens with one attached hydrogen (secondary N) is 1. The van der Waals surface area contributed by atoms with Gasteiger partial charge in [-0.05, 0) is 48.9 Å². The number of benzene rings is 2. The molecule has 3 aromatic rings. The van der Waals surface area contributed by atoms with Crippen LogP contribution in [0.5, 0.6) is 0 Å². The summed E-state index contributed by atoms with van der Waals surface area (Å²) in [5.74, 6) is -1.21. The Kier molecular flexibility index (Phi) is 6.35. The van der Waals surface area contributed by atoms with Gasteiger partial charge in [0.1, 0.15) is 11.4 Å². The molecule has 2 aromatic carbocycles. The third-order valence-electron chi connectivity index (χ3n) is 4.03. The molecule has 1 amide bonds. The van der Waals surface area contributed by atoms with Crippen LogP contribution in [0.2, 0.25) is 10.0 Å². The molecule has 31 heavy (non-hydrogen) atoms. The van der Waals surface area contributed by atoms with E-state index in [-0.39, 0.29) is 26.2 Å². The van der Waals surface area contributed by atoms with E-state index in [0.717, 1.165) is 6.07 Å². The predicted octanol–water partition coefficient (Wildman–Crippen LogP) is 4.85. The van der Waals surface area contributed by atoms with Crippen molar-refractivity contribution in [2.24, 2.45) is 0 Å². The van der Waals surface area contributed by atoms with Crippen LogP contribution in [0.4, 0.5) is 13.2 Å². The average molecular weight is 492 g/mol. The minimum atomic E-state index is -4.63. The highest BCUT2D eigenvalue weighted by molar-refractivity contribution is 7.90. The van der Waals surface area contributed by atoms with E-state index in [0.29, 0.717) is 10.2 Å². The quantitative estimate of drug-likeness (QED) is 0.553. The summed E-state index contributed by atoms with van der Waals surface area (Å²) in [4.78, 5) is 12.2. The van der Waals surface area contributed by atoms with Crippen LogP contribution in [-0.4, -0.2) is 30.3 Å². The van der Waals surface area contributed by atoms with Crippen LogP contribution in [0.15, 0.2) is 53.4 Å². The smallest absolute Gasteiger partial charge is 0.266 e. The molecular weight excluding hydrogens is 478 g/mol. The van der Waals surface area contributed by atoms with Crippen molar-refractivity contribution in [2.45, 2.75) is 24.5 Å². The van der Waals surface area contributed by atoms with Gasteiger partial charge in [-0.15, -0.1) is 0 Å². The Morgan fingerprint density at radius 1 is 1.13 bits per heavy atom. The van der Waals surface area contributed by atoms with E-state index in [1.54, 1.807) is 23.8 Å². The van der Waals surface area contributed by atoms with E-state index in [2.05, 4.69) is 5.10 Å². The first-order valence-corrected chi connectivity index (χ1v) is 10.8. The van der Waals surface area contributed by atoms with Crippen molar-refractivity contribution in [2.75, 3.05) is 0 Å². The summed E-state index contributed by atoms with van der Waals surface area (Å²) in [6.45, 7) is 0.210. The molecule has 1 N–H and O–H groups in total. The monoisotopic (exact) mass is 491 g/mol. The molecule has 0 bridgehead atoms. The molecule has 0 spiro atoms. The number of hydrogen-bond donors (Lipinski definition) is 1. The average Bonchev–Trinajstić information content (AvgIpc) is 3.03. The first-order valence-electron chi connectivity index (χ1n) is 8.59. The Balaban J connectivity index is 2.01. The van der Waals surface area contributed by atoms with Crippen molar-refractivity contribution < 1.29 is 26.4 Å². The largest absolute Gasteiger partial charge is 0.408 e. The standard InChI is InChI=1S/C19H14Cl2F3N3O3S/c1-11-6-12(8-13(20)7-11)16-9-15(25-27(16)10-19(22,23)24)18(28)26-31(29,30)17-5-3-2-4-14(17)21/h2-9H,10H2,1H3,(H,26,28). The zero-order chi connectivity index (χ0) is 23.0. The minimum Gasteiger partial charge on any atom is -0.266 e. The lowest BCUT2D eigenvalue weighted by Gasteiger charge is -2.11. The first kappa shape index (κ1) is 23.1. The van der Waals surface area contributed by atoms with Gasteiger partial charge in [0, 0.05) is 10.6 Å². The number of amides is 1. The molecule has 0 saturated carbocycles. The van der Waals surface area contributed by atoms with Crippen molar-refractivity contribution >= 4 is 39.1 Å². The van der Waals surface area contributed by atoms with Crippen LogP contribution in [0, 0.1) is 6.92 Å². The second kappa shape index (κ2) is 8.52. The number of hydrogen-bond acceptors (Lipinski definition) is 4. The second-order valence-corrected chi connectivity index (χ2v) is 9.06. The Morgan fingerprint density at radius 2 is 1.81 bits per heavy atom. The Bertz CT molecular complexity index is 1240. The highest BCUT2D eigenvalue weighted by atomic mass is 35.5. The number of rotatable bonds is 5. The SMILES string of the molecule is Cc1cc(Cl)cc(-c2cc(C(=O)NS(=O)(=O)c3ccccc3Cl)nn2CC(F)(F)F)c1. The van der Waals surface area contributed by atoms with Crippen LogP contribution in [0.3, 0.4) is 0 Å². The Morgan fingerprint density at radius 3 is 2.42 bits per heavy atom. The summed E-state index contributed by atoms with van der Waals surface area (Å²) in [7, 11) is -4.38. The number of halogens is 5. The Hall–Kier alpha value is -2.56. The summed E-state index contributed by atoms with van der Waals surface area (Å²) >= 11 is 11.9. The maximum Gasteiger partial charge on any atom is 0.408 e. The lowest BCUT2D eigenvalue weighted by molar-refractivity contribution is -0.142. The third-order valence-corrected chi connectivity index (χ3v) is 6.08. The van der Waals surface area contributed by atoms with Crippen LogP contribution in [0.25, 0.3) is 11.3 Å². The molecule has 0 saturated heterocycles. The van der Waals surface area contributed by atoms with Gasteiger partial charge in [-0.3, -0.25) is 9.48 Å². The molecule has 6 nitrogen and oxygen atoms in total. The fourth-order valence-corrected chi connectivity index (χ4v) is 4.60. The van der Waals surface area contributed by atoms with Gasteiger partial charge < -0.3 is 0 Å². The number of carbonyl (C=O) groups is 1. The zero-order valence-corrected chi connectivity index (χ0v) is 18.1. The molecule has 1 aromatic heterocycles. The molecule has 0 aliphatic rings. The molecule has 0 unspecified atom stereocenters. The normalized spacial score (nSPS) is 12.1. The molecule has 0 aliphatic heterocycles. The molecule has 0 aliphatic carbocycles. The number of aryl methyl sites for hydroxylation is 1. The molecule has 164 valence electrons. The molecule has 0 fully saturated rings. The first-order chi connectivity index (χ1) is 14.4. The number of alkyl halides is 3. The number of carbonyl (C=O) groups excluding carboxylic acids is 1. The van der Waals surface area contributed by atoms with Crippen molar-refractivity contribution in [1.82, 2.24) is 14.5 Å². The van der Waals surface area contributed by atoms with Crippen LogP contribution < -0.4 is 4.72 Å². The van der Waals surface area contributed by atoms with Gasteiger partial charge in [0.2, 0.25) is 0 Å². The summed E-state index contributed by atoms with van der Waals surface area (Å²) < 4.78 is 66.4. The van der Waals surface area contributed by atoms with Gasteiger partial charge in [-0.2, -0.15) is 18.3 Å². The molecule has 1 heterocycles. The summed E-state index contributed by atoms with van der Waals surface area (Å²) in [5.41, 5.74) is 0.389. The lowest BCUT2D eigenvalue weighted by atomic mass is 10.1. The molecular formula is C19H14Cl2F3N3O3S. The van der Waals surface area contributed by atoms with Crippen LogP contribution >= 0.6 is 23.2 Å². The van der Waals surface area contributed by atoms with Crippen molar-refractivity contribution in [1.29, 1.82) is 0 Å². The predicted molar refractivity (Wildman–Crippen MR) is 110 cm³/mol. The minimum absolute atomic E-state index is 0.0526. The molecule has 0 atom stereocenters. The van der Waals surface area contributed by atoms with E-state index >= 15 is 0 Å². The van der Waals surface area contributed by atoms with E-state index in [4.69, 9.17) is 23.2 Å². The van der Waals surface area contributed by atoms with Gasteiger partial charge >= 0.3 is 6.18 Å². The van der Waals surface area contributed by atoms with E-state index < -0.39 is 34.3 Å². The summed E-state index contributed by atoms with van der Waals surface area (Å²) in [5, 5.41) is 3.83. The molecule has 3 rings (SSSR count). The highest BCUT2D eigenvalue weighted by Gasteiger charge is 2.31. The third kappa shape index (κ3) is 5.57. The van der Waals surface area contributed by atoms with Gasteiger partial charge in [-0.25, -0.2) is 13.1 Å². The zero-order valence-electron chi connectivity index (χ0n) is 15.7. The van der Waals surface area contributed by atoms with Gasteiger partial charge in [0.15, 0.2) is 5.69 Å². The van der Waals surface area contributed by atoms with E-state index in [1.807, 2.05) is 0 Å². The maximum atomic E-state index is 13.0. The van der Waals surface area contributed by atoms with Crippen molar-refractivity contribution in [3.05, 3.63) is 69.8 Å². The summed E-state index contributed by atoms with van der Waals surface area (Å²) in [6.07, 6.45) is -4.63. The highest BCUT2D eigenvalue weighted by Crippen LogP contribution is 2.28. The van der Waals surface area contributed by atoms with Crippen LogP contribution in [0.1, 0.15) is 16.1 Å². The van der Waals surface area contributed by atoms with Gasteiger partial charge in [0.05, 0.1) is 10.7 Å². The van der Waals surface area contributed by atoms with E-state index in [1.165, 1.54) is 30.3 Å². The van der Waals surface area contributed by atoms with Crippen molar-refractivity contribution in [3.8, 4) is 11.3 Å². The van der Waals surface area contributed by atoms with E-state index in [9.17, 15) is 26.4 Å². The van der Waals surface area contributed by atoms with Crippen molar-refractivity contribution in [3.63, 3.8) is 0 Å². The summed E-state index contributed by atoms with van der Waals surface area (Å²) in [6, 6.07) is 11.1. The fraction of sp³-hybridized carbons (Fsp3) is 0.158. The number of aromatic nitrogens is 2.